The SMILES string of the molecule is C#CCN1CCN(CN2C(=O)CC3(CCCC3)C2=O)CC1. The van der Waals surface area contributed by atoms with Gasteiger partial charge in [0.15, 0.2) is 0 Å². The third-order valence-electron chi connectivity index (χ3n) is 5.17. The Labute approximate surface area is 126 Å². The van der Waals surface area contributed by atoms with Gasteiger partial charge in [0.05, 0.1) is 18.6 Å². The van der Waals surface area contributed by atoms with Crippen molar-refractivity contribution >= 4 is 11.8 Å². The van der Waals surface area contributed by atoms with Crippen molar-refractivity contribution in [1.29, 1.82) is 0 Å². The Bertz CT molecular complexity index is 468. The maximum atomic E-state index is 12.6. The number of carbonyl (C=O) groups is 2. The van der Waals surface area contributed by atoms with E-state index in [9.17, 15) is 9.59 Å². The summed E-state index contributed by atoms with van der Waals surface area (Å²) in [5.74, 6) is 2.76. The molecule has 0 aromatic rings. The summed E-state index contributed by atoms with van der Waals surface area (Å²) in [6, 6.07) is 0. The van der Waals surface area contributed by atoms with Crippen LogP contribution in [0.1, 0.15) is 32.1 Å². The molecule has 114 valence electrons. The van der Waals surface area contributed by atoms with Crippen molar-refractivity contribution in [1.82, 2.24) is 14.7 Å². The van der Waals surface area contributed by atoms with Gasteiger partial charge in [-0.25, -0.2) is 0 Å². The minimum atomic E-state index is -0.345. The topological polar surface area (TPSA) is 43.9 Å². The van der Waals surface area contributed by atoms with E-state index in [1.165, 1.54) is 4.90 Å². The predicted molar refractivity (Wildman–Crippen MR) is 79.1 cm³/mol. The molecule has 2 saturated heterocycles. The number of rotatable bonds is 3. The Morgan fingerprint density at radius 3 is 2.29 bits per heavy atom. The molecule has 0 atom stereocenters. The highest BCUT2D eigenvalue weighted by molar-refractivity contribution is 6.06. The molecule has 5 heteroatoms. The highest BCUT2D eigenvalue weighted by Gasteiger charge is 2.52. The second-order valence-electron chi connectivity index (χ2n) is 6.53. The van der Waals surface area contributed by atoms with Gasteiger partial charge < -0.3 is 0 Å². The third-order valence-corrected chi connectivity index (χ3v) is 5.17. The largest absolute Gasteiger partial charge is 0.290 e. The lowest BCUT2D eigenvalue weighted by atomic mass is 9.85. The number of piperazine rings is 1. The van der Waals surface area contributed by atoms with E-state index in [0.29, 0.717) is 19.6 Å². The number of likely N-dealkylation sites (tertiary alicyclic amines) is 1. The van der Waals surface area contributed by atoms with Crippen LogP contribution in [0, 0.1) is 17.8 Å². The van der Waals surface area contributed by atoms with Crippen molar-refractivity contribution in [2.75, 3.05) is 39.4 Å². The monoisotopic (exact) mass is 289 g/mol. The molecular formula is C16H23N3O2. The molecule has 2 aliphatic heterocycles. The summed E-state index contributed by atoms with van der Waals surface area (Å²) in [5, 5.41) is 0. The first-order valence-electron chi connectivity index (χ1n) is 7.88. The molecule has 2 heterocycles. The number of imide groups is 1. The lowest BCUT2D eigenvalue weighted by Gasteiger charge is -2.35. The lowest BCUT2D eigenvalue weighted by molar-refractivity contribution is -0.144. The van der Waals surface area contributed by atoms with Gasteiger partial charge in [-0.1, -0.05) is 18.8 Å². The Morgan fingerprint density at radius 2 is 1.67 bits per heavy atom. The molecular weight excluding hydrogens is 266 g/mol. The van der Waals surface area contributed by atoms with E-state index in [0.717, 1.165) is 51.9 Å². The van der Waals surface area contributed by atoms with E-state index < -0.39 is 0 Å². The summed E-state index contributed by atoms with van der Waals surface area (Å²) in [5.41, 5.74) is -0.345. The number of hydrogen-bond donors (Lipinski definition) is 0. The number of amides is 2. The van der Waals surface area contributed by atoms with E-state index in [1.54, 1.807) is 0 Å². The van der Waals surface area contributed by atoms with Crippen molar-refractivity contribution in [2.45, 2.75) is 32.1 Å². The number of terminal acetylenes is 1. The second-order valence-corrected chi connectivity index (χ2v) is 6.53. The zero-order valence-electron chi connectivity index (χ0n) is 12.5. The first kappa shape index (κ1) is 14.6. The van der Waals surface area contributed by atoms with Crippen molar-refractivity contribution in [3.63, 3.8) is 0 Å². The third kappa shape index (κ3) is 2.70. The van der Waals surface area contributed by atoms with E-state index in [4.69, 9.17) is 6.42 Å². The maximum absolute atomic E-state index is 12.6. The molecule has 3 rings (SSSR count). The van der Waals surface area contributed by atoms with Crippen LogP contribution in [0.3, 0.4) is 0 Å². The van der Waals surface area contributed by atoms with Gasteiger partial charge in [0.1, 0.15) is 0 Å². The van der Waals surface area contributed by atoms with Gasteiger partial charge in [0.2, 0.25) is 11.8 Å². The van der Waals surface area contributed by atoms with Crippen molar-refractivity contribution in [3.8, 4) is 12.3 Å². The van der Waals surface area contributed by atoms with E-state index in [1.807, 2.05) is 0 Å². The molecule has 5 nitrogen and oxygen atoms in total. The maximum Gasteiger partial charge on any atom is 0.237 e. The molecule has 0 radical (unpaired) electrons. The summed E-state index contributed by atoms with van der Waals surface area (Å²) in [7, 11) is 0. The standard InChI is InChI=1S/C16H23N3O2/c1-2-7-17-8-10-18(11-9-17)13-19-14(20)12-16(15(19)21)5-3-4-6-16/h1H,3-13H2. The van der Waals surface area contributed by atoms with Gasteiger partial charge in [0.25, 0.3) is 0 Å². The molecule has 0 bridgehead atoms. The van der Waals surface area contributed by atoms with E-state index >= 15 is 0 Å². The second kappa shape index (κ2) is 5.78. The predicted octanol–water partition coefficient (Wildman–Crippen LogP) is 0.514. The van der Waals surface area contributed by atoms with Gasteiger partial charge in [-0.2, -0.15) is 0 Å². The number of nitrogens with zero attached hydrogens (tertiary/aromatic N) is 3. The molecule has 0 N–H and O–H groups in total. The minimum absolute atomic E-state index is 0.0213. The first-order valence-corrected chi connectivity index (χ1v) is 7.88. The molecule has 2 amide bonds. The Kier molecular flexibility index (Phi) is 4.01. The van der Waals surface area contributed by atoms with Gasteiger partial charge >= 0.3 is 0 Å². The van der Waals surface area contributed by atoms with Crippen LogP contribution in [0.15, 0.2) is 0 Å². The molecule has 3 fully saturated rings. The van der Waals surface area contributed by atoms with Crippen LogP contribution in [0.4, 0.5) is 0 Å². The van der Waals surface area contributed by atoms with Gasteiger partial charge in [-0.05, 0) is 12.8 Å². The molecule has 1 spiro atoms. The van der Waals surface area contributed by atoms with Crippen molar-refractivity contribution in [3.05, 3.63) is 0 Å². The number of carbonyl (C=O) groups excluding carboxylic acids is 2. The Balaban J connectivity index is 1.57. The fraction of sp³-hybridized carbons (Fsp3) is 0.750. The van der Waals surface area contributed by atoms with Gasteiger partial charge in [-0.15, -0.1) is 6.42 Å². The molecule has 0 aromatic carbocycles. The summed E-state index contributed by atoms with van der Waals surface area (Å²) in [4.78, 5) is 30.8. The quantitative estimate of drug-likeness (QED) is 0.561. The van der Waals surface area contributed by atoms with Crippen LogP contribution in [0.2, 0.25) is 0 Å². The van der Waals surface area contributed by atoms with Crippen LogP contribution in [-0.4, -0.2) is 65.9 Å². The molecule has 1 aliphatic carbocycles. The van der Waals surface area contributed by atoms with Crippen LogP contribution in [-0.2, 0) is 9.59 Å². The minimum Gasteiger partial charge on any atom is -0.290 e. The number of hydrogen-bond acceptors (Lipinski definition) is 4. The normalized spacial score (nSPS) is 26.7. The molecule has 1 saturated carbocycles. The zero-order valence-corrected chi connectivity index (χ0v) is 12.5. The van der Waals surface area contributed by atoms with Crippen LogP contribution in [0.25, 0.3) is 0 Å². The van der Waals surface area contributed by atoms with Crippen LogP contribution < -0.4 is 0 Å². The Morgan fingerprint density at radius 1 is 1.05 bits per heavy atom. The van der Waals surface area contributed by atoms with Crippen LogP contribution in [0.5, 0.6) is 0 Å². The zero-order chi connectivity index (χ0) is 14.9. The first-order chi connectivity index (χ1) is 10.1. The van der Waals surface area contributed by atoms with Crippen molar-refractivity contribution < 1.29 is 9.59 Å². The summed E-state index contributed by atoms with van der Waals surface area (Å²) >= 11 is 0. The average molecular weight is 289 g/mol. The fourth-order valence-electron chi connectivity index (χ4n) is 3.86. The molecule has 0 aromatic heterocycles. The van der Waals surface area contributed by atoms with Gasteiger partial charge in [0, 0.05) is 32.6 Å². The summed E-state index contributed by atoms with van der Waals surface area (Å²) in [6.45, 7) is 4.69. The van der Waals surface area contributed by atoms with Gasteiger partial charge in [-0.3, -0.25) is 24.3 Å². The molecule has 0 unspecified atom stereocenters. The van der Waals surface area contributed by atoms with E-state index in [-0.39, 0.29) is 17.2 Å². The summed E-state index contributed by atoms with van der Waals surface area (Å²) < 4.78 is 0. The average Bonchev–Trinajstić information content (AvgIpc) is 3.03. The van der Waals surface area contributed by atoms with E-state index in [2.05, 4.69) is 15.7 Å². The smallest absolute Gasteiger partial charge is 0.237 e. The molecule has 3 aliphatic rings. The highest BCUT2D eigenvalue weighted by atomic mass is 16.2. The van der Waals surface area contributed by atoms with Crippen LogP contribution >= 0.6 is 0 Å². The van der Waals surface area contributed by atoms with Crippen molar-refractivity contribution in [2.24, 2.45) is 5.41 Å². The highest BCUT2D eigenvalue weighted by Crippen LogP contribution is 2.46. The Hall–Kier alpha value is -1.38. The lowest BCUT2D eigenvalue weighted by Crippen LogP contribution is -2.51. The molecule has 21 heavy (non-hydrogen) atoms. The fourth-order valence-corrected chi connectivity index (χ4v) is 3.86. The summed E-state index contributed by atoms with van der Waals surface area (Å²) in [6.07, 6.45) is 9.71.